The molecule has 0 spiro atoms. The summed E-state index contributed by atoms with van der Waals surface area (Å²) in [5, 5.41) is 30.4. The first-order valence-electron chi connectivity index (χ1n) is 11.7. The first kappa shape index (κ1) is 24.8. The van der Waals surface area contributed by atoms with Crippen molar-refractivity contribution < 1.29 is 24.5 Å². The fourth-order valence-corrected chi connectivity index (χ4v) is 5.79. The summed E-state index contributed by atoms with van der Waals surface area (Å²) in [6.45, 7) is 1.98. The molecule has 3 atom stereocenters. The Hall–Kier alpha value is -3.88. The van der Waals surface area contributed by atoms with Crippen molar-refractivity contribution in [1.82, 2.24) is 4.98 Å². The standard InChI is InChI=1S/C29H25FN2O4S/c1-17-12-20(15-31-14-17)18-4-8-22(9-5-18)32-27(24-11-10-23(33)13-25(24)34)28(29(32)36)37-16-26(35)19-2-6-21(30)7-3-19/h2-15,26-28,33-35H,16H2,1H3/t26-,27-,28-/m1/s1. The first-order valence-corrected chi connectivity index (χ1v) is 12.8. The van der Waals surface area contributed by atoms with Crippen LogP contribution in [0.5, 0.6) is 11.5 Å². The lowest BCUT2D eigenvalue weighted by Crippen LogP contribution is -2.57. The fraction of sp³-hybridized carbons (Fsp3) is 0.172. The van der Waals surface area contributed by atoms with E-state index in [2.05, 4.69) is 4.98 Å². The summed E-state index contributed by atoms with van der Waals surface area (Å²) < 4.78 is 13.2. The summed E-state index contributed by atoms with van der Waals surface area (Å²) in [5.74, 6) is -0.523. The van der Waals surface area contributed by atoms with Crippen LogP contribution in [0, 0.1) is 12.7 Å². The van der Waals surface area contributed by atoms with Crippen LogP contribution in [0.15, 0.2) is 85.2 Å². The van der Waals surface area contributed by atoms with Crippen LogP contribution in [-0.2, 0) is 4.79 Å². The molecular formula is C29H25FN2O4S. The van der Waals surface area contributed by atoms with Gasteiger partial charge in [0.15, 0.2) is 0 Å². The molecule has 0 unspecified atom stereocenters. The first-order chi connectivity index (χ1) is 17.8. The number of aromatic hydroxyl groups is 2. The zero-order valence-electron chi connectivity index (χ0n) is 20.0. The van der Waals surface area contributed by atoms with Crippen LogP contribution in [0.2, 0.25) is 0 Å². The van der Waals surface area contributed by atoms with E-state index in [0.717, 1.165) is 16.7 Å². The van der Waals surface area contributed by atoms with Gasteiger partial charge in [0.2, 0.25) is 5.91 Å². The highest BCUT2D eigenvalue weighted by atomic mass is 32.2. The highest BCUT2D eigenvalue weighted by molar-refractivity contribution is 8.00. The Morgan fingerprint density at radius 3 is 2.38 bits per heavy atom. The minimum atomic E-state index is -0.885. The number of pyridine rings is 1. The van der Waals surface area contributed by atoms with Gasteiger partial charge in [-0.05, 0) is 66.1 Å². The van der Waals surface area contributed by atoms with Crippen LogP contribution in [-0.4, -0.2) is 37.2 Å². The molecule has 2 heterocycles. The van der Waals surface area contributed by atoms with Gasteiger partial charge < -0.3 is 20.2 Å². The van der Waals surface area contributed by atoms with Gasteiger partial charge in [0.1, 0.15) is 22.6 Å². The molecule has 1 fully saturated rings. The van der Waals surface area contributed by atoms with Crippen LogP contribution in [0.1, 0.15) is 28.8 Å². The Balaban J connectivity index is 1.40. The van der Waals surface area contributed by atoms with Gasteiger partial charge >= 0.3 is 0 Å². The smallest absolute Gasteiger partial charge is 0.243 e. The van der Waals surface area contributed by atoms with E-state index in [1.165, 1.54) is 48.2 Å². The number of thioether (sulfide) groups is 1. The van der Waals surface area contributed by atoms with E-state index in [4.69, 9.17) is 0 Å². The monoisotopic (exact) mass is 516 g/mol. The van der Waals surface area contributed by atoms with Gasteiger partial charge in [0, 0.05) is 41.0 Å². The maximum absolute atomic E-state index is 13.4. The second-order valence-corrected chi connectivity index (χ2v) is 10.2. The third-order valence-corrected chi connectivity index (χ3v) is 7.75. The van der Waals surface area contributed by atoms with E-state index in [1.54, 1.807) is 23.4 Å². The summed E-state index contributed by atoms with van der Waals surface area (Å²) in [4.78, 5) is 19.2. The van der Waals surface area contributed by atoms with E-state index in [1.807, 2.05) is 37.3 Å². The molecule has 0 saturated carbocycles. The lowest BCUT2D eigenvalue weighted by atomic mass is 9.91. The predicted molar refractivity (Wildman–Crippen MR) is 142 cm³/mol. The van der Waals surface area contributed by atoms with Crippen molar-refractivity contribution in [3.8, 4) is 22.6 Å². The zero-order chi connectivity index (χ0) is 26.1. The van der Waals surface area contributed by atoms with E-state index in [0.29, 0.717) is 16.8 Å². The quantitative estimate of drug-likeness (QED) is 0.280. The summed E-state index contributed by atoms with van der Waals surface area (Å²) in [6.07, 6.45) is 2.69. The van der Waals surface area contributed by atoms with Gasteiger partial charge in [-0.2, -0.15) is 0 Å². The van der Waals surface area contributed by atoms with Gasteiger partial charge in [-0.15, -0.1) is 11.8 Å². The van der Waals surface area contributed by atoms with Crippen LogP contribution < -0.4 is 4.90 Å². The van der Waals surface area contributed by atoms with Crippen molar-refractivity contribution in [2.24, 2.45) is 0 Å². The number of carbonyl (C=O) groups is 1. The minimum absolute atomic E-state index is 0.0782. The number of aliphatic hydroxyl groups excluding tert-OH is 1. The molecule has 3 N–H and O–H groups in total. The van der Waals surface area contributed by atoms with Crippen LogP contribution in [0.25, 0.3) is 11.1 Å². The van der Waals surface area contributed by atoms with Crippen molar-refractivity contribution >= 4 is 23.4 Å². The van der Waals surface area contributed by atoms with Gasteiger partial charge in [-0.25, -0.2) is 4.39 Å². The number of phenolic OH excluding ortho intramolecular Hbond substituents is 2. The number of hydrogen-bond acceptors (Lipinski definition) is 6. The SMILES string of the molecule is Cc1cncc(-c2ccc(N3C(=O)[C@H](SC[C@@H](O)c4ccc(F)cc4)[C@H]3c3ccc(O)cc3O)cc2)c1. The van der Waals surface area contributed by atoms with Crippen molar-refractivity contribution in [3.05, 3.63) is 108 Å². The molecule has 37 heavy (non-hydrogen) atoms. The number of halogens is 1. The second kappa shape index (κ2) is 10.2. The number of amides is 1. The van der Waals surface area contributed by atoms with E-state index < -0.39 is 17.4 Å². The molecule has 188 valence electrons. The number of phenols is 2. The normalized spacial score (nSPS) is 17.9. The molecule has 1 saturated heterocycles. The number of aromatic nitrogens is 1. The molecule has 6 nitrogen and oxygen atoms in total. The topological polar surface area (TPSA) is 93.9 Å². The number of benzene rings is 3. The molecular weight excluding hydrogens is 491 g/mol. The maximum atomic E-state index is 13.4. The average Bonchev–Trinajstić information content (AvgIpc) is 2.88. The molecule has 8 heteroatoms. The van der Waals surface area contributed by atoms with Gasteiger partial charge in [-0.3, -0.25) is 9.78 Å². The molecule has 1 aliphatic heterocycles. The Morgan fingerprint density at radius 1 is 0.973 bits per heavy atom. The molecule has 5 rings (SSSR count). The second-order valence-electron chi connectivity index (χ2n) is 9.02. The Labute approximate surface area is 218 Å². The molecule has 0 radical (unpaired) electrons. The van der Waals surface area contributed by atoms with Crippen LogP contribution >= 0.6 is 11.8 Å². The third-order valence-electron chi connectivity index (χ3n) is 6.42. The molecule has 1 amide bonds. The number of rotatable bonds is 7. The maximum Gasteiger partial charge on any atom is 0.243 e. The lowest BCUT2D eigenvalue weighted by Gasteiger charge is -2.47. The average molecular weight is 517 g/mol. The number of aryl methyl sites for hydroxylation is 1. The minimum Gasteiger partial charge on any atom is -0.508 e. The van der Waals surface area contributed by atoms with Crippen molar-refractivity contribution in [2.75, 3.05) is 10.7 Å². The highest BCUT2D eigenvalue weighted by Gasteiger charge is 2.50. The van der Waals surface area contributed by atoms with Gasteiger partial charge in [-0.1, -0.05) is 24.3 Å². The molecule has 0 bridgehead atoms. The number of hydrogen-bond donors (Lipinski definition) is 3. The van der Waals surface area contributed by atoms with Crippen molar-refractivity contribution in [1.29, 1.82) is 0 Å². The lowest BCUT2D eigenvalue weighted by molar-refractivity contribution is -0.123. The summed E-state index contributed by atoms with van der Waals surface area (Å²) in [7, 11) is 0. The Kier molecular flexibility index (Phi) is 6.86. The van der Waals surface area contributed by atoms with E-state index >= 15 is 0 Å². The van der Waals surface area contributed by atoms with Crippen molar-refractivity contribution in [3.63, 3.8) is 0 Å². The molecule has 3 aromatic carbocycles. The largest absolute Gasteiger partial charge is 0.508 e. The van der Waals surface area contributed by atoms with E-state index in [9.17, 15) is 24.5 Å². The van der Waals surface area contributed by atoms with E-state index in [-0.39, 0.29) is 29.0 Å². The fourth-order valence-electron chi connectivity index (χ4n) is 4.50. The van der Waals surface area contributed by atoms with Gasteiger partial charge in [0.25, 0.3) is 0 Å². The molecule has 4 aromatic rings. The summed E-state index contributed by atoms with van der Waals surface area (Å²) >= 11 is 1.28. The third kappa shape index (κ3) is 5.03. The summed E-state index contributed by atoms with van der Waals surface area (Å²) in [6, 6.07) is 19.0. The summed E-state index contributed by atoms with van der Waals surface area (Å²) in [5.41, 5.74) is 4.71. The number of carbonyl (C=O) groups excluding carboxylic acids is 1. The molecule has 1 aliphatic rings. The zero-order valence-corrected chi connectivity index (χ0v) is 20.8. The van der Waals surface area contributed by atoms with Crippen LogP contribution in [0.3, 0.4) is 0 Å². The number of nitrogens with zero attached hydrogens (tertiary/aromatic N) is 2. The number of β-lactam (4-membered cyclic amide) rings is 1. The van der Waals surface area contributed by atoms with Gasteiger partial charge in [0.05, 0.1) is 12.1 Å². The number of anilines is 1. The van der Waals surface area contributed by atoms with Crippen LogP contribution in [0.4, 0.5) is 10.1 Å². The molecule has 1 aromatic heterocycles. The predicted octanol–water partition coefficient (Wildman–Crippen LogP) is 5.53. The highest BCUT2D eigenvalue weighted by Crippen LogP contribution is 2.48. The van der Waals surface area contributed by atoms with Crippen molar-refractivity contribution in [2.45, 2.75) is 24.3 Å². The Morgan fingerprint density at radius 2 is 1.70 bits per heavy atom. The molecule has 0 aliphatic carbocycles. The Bertz CT molecular complexity index is 1430. The number of aliphatic hydroxyl groups is 1.